The molecule has 2 aromatic carbocycles. The Hall–Kier alpha value is -1.48. The van der Waals surface area contributed by atoms with Gasteiger partial charge in [0.2, 0.25) is 0 Å². The number of halogens is 1. The van der Waals surface area contributed by atoms with Crippen molar-refractivity contribution in [1.29, 1.82) is 0 Å². The third-order valence-corrected chi connectivity index (χ3v) is 4.38. The molecule has 0 aliphatic rings. The fourth-order valence-corrected chi connectivity index (χ4v) is 3.26. The van der Waals surface area contributed by atoms with Crippen LogP contribution >= 0.6 is 15.9 Å². The van der Waals surface area contributed by atoms with E-state index in [1.807, 2.05) is 18.2 Å². The second kappa shape index (κ2) is 6.31. The highest BCUT2D eigenvalue weighted by atomic mass is 79.9. The van der Waals surface area contributed by atoms with Crippen molar-refractivity contribution in [3.05, 3.63) is 58.7 Å². The minimum absolute atomic E-state index is 0.0356. The van der Waals surface area contributed by atoms with Gasteiger partial charge in [0.05, 0.1) is 24.6 Å². The van der Waals surface area contributed by atoms with Crippen LogP contribution < -0.4 is 9.47 Å². The molecule has 2 aromatic rings. The summed E-state index contributed by atoms with van der Waals surface area (Å²) in [6.07, 6.45) is 0. The molecule has 0 aromatic heterocycles. The molecule has 1 atom stereocenters. The summed E-state index contributed by atoms with van der Waals surface area (Å²) in [6, 6.07) is 12.3. The van der Waals surface area contributed by atoms with Crippen molar-refractivity contribution in [2.45, 2.75) is 18.7 Å². The van der Waals surface area contributed by atoms with Crippen LogP contribution in [0.4, 0.5) is 0 Å². The Balaban J connectivity index is 2.58. The summed E-state index contributed by atoms with van der Waals surface area (Å²) < 4.78 is 11.0. The van der Waals surface area contributed by atoms with E-state index in [0.29, 0.717) is 0 Å². The summed E-state index contributed by atoms with van der Waals surface area (Å²) in [5, 5.41) is 0. The predicted molar refractivity (Wildman–Crippen MR) is 86.2 cm³/mol. The number of rotatable bonds is 4. The molecule has 0 bridgehead atoms. The van der Waals surface area contributed by atoms with Crippen molar-refractivity contribution < 1.29 is 9.47 Å². The third kappa shape index (κ3) is 2.83. The van der Waals surface area contributed by atoms with Gasteiger partial charge in [-0.15, -0.1) is 0 Å². The first-order valence-electron chi connectivity index (χ1n) is 6.50. The lowest BCUT2D eigenvalue weighted by Gasteiger charge is -2.20. The molecule has 0 spiro atoms. The van der Waals surface area contributed by atoms with Crippen LogP contribution in [0.1, 0.15) is 27.1 Å². The summed E-state index contributed by atoms with van der Waals surface area (Å²) in [4.78, 5) is 0.0356. The number of ether oxygens (including phenoxy) is 2. The molecule has 0 amide bonds. The summed E-state index contributed by atoms with van der Waals surface area (Å²) in [7, 11) is 3.36. The van der Waals surface area contributed by atoms with Crippen molar-refractivity contribution in [1.82, 2.24) is 0 Å². The first-order chi connectivity index (χ1) is 9.58. The minimum Gasteiger partial charge on any atom is -0.496 e. The largest absolute Gasteiger partial charge is 0.496 e. The van der Waals surface area contributed by atoms with Crippen molar-refractivity contribution in [3.63, 3.8) is 0 Å². The van der Waals surface area contributed by atoms with Crippen molar-refractivity contribution in [3.8, 4) is 11.5 Å². The molecule has 0 aliphatic carbocycles. The van der Waals surface area contributed by atoms with Gasteiger partial charge in [0.1, 0.15) is 11.5 Å². The molecule has 3 heteroatoms. The first kappa shape index (κ1) is 14.9. The predicted octanol–water partition coefficient (Wildman–Crippen LogP) is 4.80. The van der Waals surface area contributed by atoms with Crippen LogP contribution in [0.3, 0.4) is 0 Å². The molecule has 0 radical (unpaired) electrons. The molecule has 2 nitrogen and oxygen atoms in total. The Bertz CT molecular complexity index is 586. The fraction of sp³-hybridized carbons (Fsp3) is 0.294. The Morgan fingerprint density at radius 2 is 1.55 bits per heavy atom. The van der Waals surface area contributed by atoms with Gasteiger partial charge >= 0.3 is 0 Å². The van der Waals surface area contributed by atoms with Crippen LogP contribution in [0.5, 0.6) is 11.5 Å². The van der Waals surface area contributed by atoms with Gasteiger partial charge in [-0.05, 0) is 37.1 Å². The Labute approximate surface area is 128 Å². The molecule has 2 rings (SSSR count). The summed E-state index contributed by atoms with van der Waals surface area (Å²) in [6.45, 7) is 4.22. The second-order valence-electron chi connectivity index (χ2n) is 4.80. The van der Waals surface area contributed by atoms with Gasteiger partial charge in [-0.3, -0.25) is 0 Å². The van der Waals surface area contributed by atoms with E-state index in [9.17, 15) is 0 Å². The maximum Gasteiger partial charge on any atom is 0.127 e. The molecule has 0 saturated carbocycles. The van der Waals surface area contributed by atoms with Crippen molar-refractivity contribution >= 4 is 15.9 Å². The quantitative estimate of drug-likeness (QED) is 0.747. The van der Waals surface area contributed by atoms with E-state index < -0.39 is 0 Å². The van der Waals surface area contributed by atoms with E-state index in [0.717, 1.165) is 17.1 Å². The summed E-state index contributed by atoms with van der Waals surface area (Å²) in [5.74, 6) is 1.65. The van der Waals surface area contributed by atoms with E-state index in [4.69, 9.17) is 9.47 Å². The number of hydrogen-bond acceptors (Lipinski definition) is 2. The highest BCUT2D eigenvalue weighted by molar-refractivity contribution is 9.09. The molecule has 1 unspecified atom stereocenters. The molecule has 0 aliphatic heterocycles. The molecule has 0 saturated heterocycles. The lowest BCUT2D eigenvalue weighted by molar-refractivity contribution is 0.386. The Morgan fingerprint density at radius 3 is 2.10 bits per heavy atom. The standard InChI is InChI=1S/C17H19BrO2/c1-11-8-9-12(2)13(10-11)17(18)16-14(19-3)6-5-7-15(16)20-4/h5-10,17H,1-4H3. The van der Waals surface area contributed by atoms with Gasteiger partial charge in [-0.2, -0.15) is 0 Å². The zero-order chi connectivity index (χ0) is 14.7. The molecular formula is C17H19BrO2. The van der Waals surface area contributed by atoms with Crippen LogP contribution in [0.2, 0.25) is 0 Å². The van der Waals surface area contributed by atoms with E-state index in [2.05, 4.69) is 48.0 Å². The van der Waals surface area contributed by atoms with Gasteiger partial charge in [-0.1, -0.05) is 45.8 Å². The van der Waals surface area contributed by atoms with Gasteiger partial charge in [0.25, 0.3) is 0 Å². The number of aryl methyl sites for hydroxylation is 2. The monoisotopic (exact) mass is 334 g/mol. The van der Waals surface area contributed by atoms with Crippen molar-refractivity contribution in [2.24, 2.45) is 0 Å². The minimum atomic E-state index is 0.0356. The van der Waals surface area contributed by atoms with Crippen LogP contribution in [0.25, 0.3) is 0 Å². The van der Waals surface area contributed by atoms with Gasteiger partial charge in [0.15, 0.2) is 0 Å². The zero-order valence-electron chi connectivity index (χ0n) is 12.2. The average molecular weight is 335 g/mol. The third-order valence-electron chi connectivity index (χ3n) is 3.43. The molecule has 0 heterocycles. The van der Waals surface area contributed by atoms with Crippen LogP contribution in [0, 0.1) is 13.8 Å². The van der Waals surface area contributed by atoms with Gasteiger partial charge in [-0.25, -0.2) is 0 Å². The Kier molecular flexibility index (Phi) is 4.71. The lowest BCUT2D eigenvalue weighted by atomic mass is 9.97. The van der Waals surface area contributed by atoms with Crippen molar-refractivity contribution in [2.75, 3.05) is 14.2 Å². The highest BCUT2D eigenvalue weighted by Gasteiger charge is 2.21. The first-order valence-corrected chi connectivity index (χ1v) is 7.42. The smallest absolute Gasteiger partial charge is 0.127 e. The van der Waals surface area contributed by atoms with Crippen LogP contribution in [0.15, 0.2) is 36.4 Å². The topological polar surface area (TPSA) is 18.5 Å². The van der Waals surface area contributed by atoms with E-state index >= 15 is 0 Å². The molecular weight excluding hydrogens is 316 g/mol. The van der Waals surface area contributed by atoms with Gasteiger partial charge < -0.3 is 9.47 Å². The van der Waals surface area contributed by atoms with Gasteiger partial charge in [0, 0.05) is 0 Å². The Morgan fingerprint density at radius 1 is 0.950 bits per heavy atom. The van der Waals surface area contributed by atoms with E-state index in [1.54, 1.807) is 14.2 Å². The zero-order valence-corrected chi connectivity index (χ0v) is 13.8. The number of hydrogen-bond donors (Lipinski definition) is 0. The fourth-order valence-electron chi connectivity index (χ4n) is 2.32. The molecule has 0 fully saturated rings. The number of methoxy groups -OCH3 is 2. The van der Waals surface area contributed by atoms with E-state index in [-0.39, 0.29) is 4.83 Å². The maximum atomic E-state index is 5.49. The lowest BCUT2D eigenvalue weighted by Crippen LogP contribution is -2.02. The molecule has 20 heavy (non-hydrogen) atoms. The average Bonchev–Trinajstić information content (AvgIpc) is 2.48. The molecule has 106 valence electrons. The number of benzene rings is 2. The summed E-state index contributed by atoms with van der Waals surface area (Å²) >= 11 is 3.80. The molecule has 0 N–H and O–H groups in total. The van der Waals surface area contributed by atoms with E-state index in [1.165, 1.54) is 16.7 Å². The summed E-state index contributed by atoms with van der Waals surface area (Å²) in [5.41, 5.74) is 4.73. The second-order valence-corrected chi connectivity index (χ2v) is 5.71. The van der Waals surface area contributed by atoms with Crippen LogP contribution in [-0.2, 0) is 0 Å². The highest BCUT2D eigenvalue weighted by Crippen LogP contribution is 2.43. The maximum absolute atomic E-state index is 5.49. The normalized spacial score (nSPS) is 12.1. The SMILES string of the molecule is COc1cccc(OC)c1C(Br)c1cc(C)ccc1C. The van der Waals surface area contributed by atoms with Crippen LogP contribution in [-0.4, -0.2) is 14.2 Å². The number of alkyl halides is 1.